The normalized spacial score (nSPS) is 10.5. The summed E-state index contributed by atoms with van der Waals surface area (Å²) in [5, 5.41) is 17.3. The Labute approximate surface area is 202 Å². The summed E-state index contributed by atoms with van der Waals surface area (Å²) < 4.78 is 5.32. The van der Waals surface area contributed by atoms with E-state index in [-0.39, 0.29) is 32.7 Å². The maximum absolute atomic E-state index is 12.4. The Morgan fingerprint density at radius 3 is 2.24 bits per heavy atom. The summed E-state index contributed by atoms with van der Waals surface area (Å²) in [6.07, 6.45) is 1.18. The van der Waals surface area contributed by atoms with Crippen LogP contribution in [-0.4, -0.2) is 28.9 Å². The topological polar surface area (TPSA) is 140 Å². The van der Waals surface area contributed by atoms with Crippen LogP contribution in [0, 0.1) is 10.1 Å². The molecule has 0 saturated carbocycles. The number of hydrogen-bond donors (Lipinski definition) is 2. The third-order valence-electron chi connectivity index (χ3n) is 4.13. The minimum Gasteiger partial charge on any atom is -0.422 e. The van der Waals surface area contributed by atoms with Gasteiger partial charge in [-0.2, -0.15) is 5.10 Å². The van der Waals surface area contributed by atoms with Crippen molar-refractivity contribution in [1.82, 2.24) is 5.43 Å². The molecule has 10 nitrogen and oxygen atoms in total. The molecule has 0 bridgehead atoms. The number of hydrogen-bond acceptors (Lipinski definition) is 7. The maximum atomic E-state index is 12.4. The van der Waals surface area contributed by atoms with Crippen LogP contribution in [0.3, 0.4) is 0 Å². The number of anilines is 1. The number of nitro groups is 1. The summed E-state index contributed by atoms with van der Waals surface area (Å²) in [5.41, 5.74) is 2.54. The molecular formula is C22H14Cl2N4O6. The van der Waals surface area contributed by atoms with Gasteiger partial charge in [-0.15, -0.1) is 0 Å². The molecule has 0 atom stereocenters. The molecule has 0 aliphatic heterocycles. The largest absolute Gasteiger partial charge is 0.422 e. The van der Waals surface area contributed by atoms with Gasteiger partial charge < -0.3 is 10.1 Å². The number of nitrogens with one attached hydrogen (secondary N) is 2. The summed E-state index contributed by atoms with van der Waals surface area (Å²) in [6.45, 7) is 0. The molecule has 3 aromatic rings. The zero-order valence-electron chi connectivity index (χ0n) is 17.0. The number of para-hydroxylation sites is 1. The number of rotatable bonds is 6. The van der Waals surface area contributed by atoms with Crippen molar-refractivity contribution in [2.75, 3.05) is 5.32 Å². The molecule has 2 amide bonds. The highest BCUT2D eigenvalue weighted by molar-refractivity contribution is 6.40. The minimum absolute atomic E-state index is 0.100. The Balaban J connectivity index is 1.63. The molecule has 0 fully saturated rings. The third kappa shape index (κ3) is 6.61. The zero-order valence-corrected chi connectivity index (χ0v) is 18.5. The molecule has 0 radical (unpaired) electrons. The number of ether oxygens (including phenoxy) is 1. The number of esters is 1. The third-order valence-corrected chi connectivity index (χ3v) is 4.57. The lowest BCUT2D eigenvalue weighted by Gasteiger charge is -2.07. The lowest BCUT2D eigenvalue weighted by atomic mass is 10.2. The van der Waals surface area contributed by atoms with E-state index in [4.69, 9.17) is 27.9 Å². The predicted octanol–water partition coefficient (Wildman–Crippen LogP) is 4.21. The van der Waals surface area contributed by atoms with Crippen LogP contribution in [0.4, 0.5) is 11.4 Å². The second-order valence-corrected chi connectivity index (χ2v) is 7.42. The lowest BCUT2D eigenvalue weighted by molar-refractivity contribution is -0.384. The Kier molecular flexibility index (Phi) is 7.91. The fourth-order valence-corrected chi connectivity index (χ4v) is 3.11. The fraction of sp³-hybridized carbons (Fsp3) is 0. The smallest absolute Gasteiger partial charge is 0.343 e. The van der Waals surface area contributed by atoms with Gasteiger partial charge in [0, 0.05) is 33.4 Å². The second kappa shape index (κ2) is 11.0. The van der Waals surface area contributed by atoms with Crippen molar-refractivity contribution in [3.05, 3.63) is 98.0 Å². The number of nitrogens with zero attached hydrogens (tertiary/aromatic N) is 2. The molecule has 12 heteroatoms. The SMILES string of the molecule is O=C(NN=Cc1ccccc1OC(=O)c1ccc([N+](=O)[O-])cc1)C(=O)Nc1cc(Cl)cc(Cl)c1. The first-order valence-electron chi connectivity index (χ1n) is 9.39. The van der Waals surface area contributed by atoms with Crippen molar-refractivity contribution in [3.63, 3.8) is 0 Å². The molecule has 34 heavy (non-hydrogen) atoms. The van der Waals surface area contributed by atoms with Crippen molar-refractivity contribution in [3.8, 4) is 5.75 Å². The number of benzene rings is 3. The molecule has 0 heterocycles. The summed E-state index contributed by atoms with van der Waals surface area (Å²) >= 11 is 11.7. The van der Waals surface area contributed by atoms with Gasteiger partial charge in [-0.3, -0.25) is 19.7 Å². The molecule has 3 rings (SSSR count). The Bertz CT molecular complexity index is 1270. The number of amides is 2. The molecule has 3 aromatic carbocycles. The Hall–Kier alpha value is -4.28. The Morgan fingerprint density at radius 2 is 1.59 bits per heavy atom. The van der Waals surface area contributed by atoms with Gasteiger partial charge in [-0.1, -0.05) is 35.3 Å². The zero-order chi connectivity index (χ0) is 24.7. The first kappa shape index (κ1) is 24.4. The van der Waals surface area contributed by atoms with E-state index in [1.54, 1.807) is 18.2 Å². The van der Waals surface area contributed by atoms with Crippen molar-refractivity contribution >= 4 is 58.6 Å². The van der Waals surface area contributed by atoms with E-state index >= 15 is 0 Å². The number of carbonyl (C=O) groups excluding carboxylic acids is 3. The highest BCUT2D eigenvalue weighted by atomic mass is 35.5. The summed E-state index contributed by atoms with van der Waals surface area (Å²) in [5.74, 6) is -2.71. The van der Waals surface area contributed by atoms with Gasteiger partial charge in [-0.25, -0.2) is 10.2 Å². The van der Waals surface area contributed by atoms with Crippen LogP contribution in [0.25, 0.3) is 0 Å². The average Bonchev–Trinajstić information content (AvgIpc) is 2.79. The summed E-state index contributed by atoms with van der Waals surface area (Å²) in [7, 11) is 0. The van der Waals surface area contributed by atoms with Crippen LogP contribution in [-0.2, 0) is 9.59 Å². The fourth-order valence-electron chi connectivity index (χ4n) is 2.58. The maximum Gasteiger partial charge on any atom is 0.343 e. The van der Waals surface area contributed by atoms with Gasteiger partial charge in [0.2, 0.25) is 0 Å². The molecule has 0 saturated heterocycles. The molecule has 0 aliphatic rings. The van der Waals surface area contributed by atoms with E-state index in [1.165, 1.54) is 54.7 Å². The van der Waals surface area contributed by atoms with Crippen molar-refractivity contribution in [2.45, 2.75) is 0 Å². The van der Waals surface area contributed by atoms with E-state index in [0.29, 0.717) is 5.56 Å². The first-order chi connectivity index (χ1) is 16.2. The van der Waals surface area contributed by atoms with E-state index in [1.807, 2.05) is 0 Å². The monoisotopic (exact) mass is 500 g/mol. The van der Waals surface area contributed by atoms with Crippen molar-refractivity contribution < 1.29 is 24.0 Å². The van der Waals surface area contributed by atoms with E-state index in [2.05, 4.69) is 15.8 Å². The number of carbonyl (C=O) groups is 3. The van der Waals surface area contributed by atoms with Crippen LogP contribution in [0.15, 0.2) is 71.8 Å². The highest BCUT2D eigenvalue weighted by Gasteiger charge is 2.15. The predicted molar refractivity (Wildman–Crippen MR) is 125 cm³/mol. The molecule has 0 aliphatic carbocycles. The van der Waals surface area contributed by atoms with Crippen LogP contribution >= 0.6 is 23.2 Å². The molecule has 0 unspecified atom stereocenters. The molecule has 0 aromatic heterocycles. The standard InChI is InChI=1S/C22H14Cl2N4O6/c23-15-9-16(24)11-17(10-15)26-20(29)21(30)27-25-12-14-3-1-2-4-19(14)34-22(31)13-5-7-18(8-6-13)28(32)33/h1-12H,(H,26,29)(H,27,30). The minimum atomic E-state index is -1.06. The first-order valence-corrected chi connectivity index (χ1v) is 10.1. The molecule has 172 valence electrons. The number of halogens is 2. The van der Waals surface area contributed by atoms with Gasteiger partial charge in [-0.05, 0) is 42.5 Å². The van der Waals surface area contributed by atoms with Crippen LogP contribution in [0.1, 0.15) is 15.9 Å². The van der Waals surface area contributed by atoms with Crippen LogP contribution in [0.2, 0.25) is 10.0 Å². The van der Waals surface area contributed by atoms with Crippen LogP contribution in [0.5, 0.6) is 5.75 Å². The van der Waals surface area contributed by atoms with Crippen LogP contribution < -0.4 is 15.5 Å². The van der Waals surface area contributed by atoms with E-state index < -0.39 is 22.7 Å². The Morgan fingerprint density at radius 1 is 0.941 bits per heavy atom. The van der Waals surface area contributed by atoms with E-state index in [9.17, 15) is 24.5 Å². The number of non-ortho nitro benzene ring substituents is 1. The van der Waals surface area contributed by atoms with Gasteiger partial charge in [0.1, 0.15) is 5.75 Å². The molecule has 0 spiro atoms. The van der Waals surface area contributed by atoms with Gasteiger partial charge in [0.05, 0.1) is 16.7 Å². The molecular weight excluding hydrogens is 487 g/mol. The van der Waals surface area contributed by atoms with Crippen molar-refractivity contribution in [1.29, 1.82) is 0 Å². The van der Waals surface area contributed by atoms with Gasteiger partial charge in [0.25, 0.3) is 5.69 Å². The van der Waals surface area contributed by atoms with Gasteiger partial charge in [0.15, 0.2) is 0 Å². The summed E-state index contributed by atoms with van der Waals surface area (Å²) in [6, 6.07) is 15.5. The second-order valence-electron chi connectivity index (χ2n) is 6.54. The van der Waals surface area contributed by atoms with Crippen molar-refractivity contribution in [2.24, 2.45) is 5.10 Å². The van der Waals surface area contributed by atoms with Gasteiger partial charge >= 0.3 is 17.8 Å². The quantitative estimate of drug-likeness (QED) is 0.130. The summed E-state index contributed by atoms with van der Waals surface area (Å²) in [4.78, 5) is 46.5. The highest BCUT2D eigenvalue weighted by Crippen LogP contribution is 2.22. The lowest BCUT2D eigenvalue weighted by Crippen LogP contribution is -2.32. The molecule has 2 N–H and O–H groups in total. The number of hydrazone groups is 1. The van der Waals surface area contributed by atoms with E-state index in [0.717, 1.165) is 0 Å². The average molecular weight is 501 g/mol. The number of nitro benzene ring substituents is 1.